The summed E-state index contributed by atoms with van der Waals surface area (Å²) >= 11 is 0. The zero-order chi connectivity index (χ0) is 11.9. The van der Waals surface area contributed by atoms with Crippen LogP contribution in [-0.2, 0) is 0 Å². The lowest BCUT2D eigenvalue weighted by molar-refractivity contribution is -0.223. The van der Waals surface area contributed by atoms with Crippen LogP contribution in [0.5, 0.6) is 0 Å². The molecule has 1 saturated heterocycles. The average Bonchev–Trinajstić information content (AvgIpc) is 2.00. The lowest BCUT2D eigenvalue weighted by Crippen LogP contribution is -2.56. The molecule has 0 aromatic carbocycles. The van der Waals surface area contributed by atoms with E-state index in [4.69, 9.17) is 0 Å². The van der Waals surface area contributed by atoms with E-state index in [-0.39, 0.29) is 12.6 Å². The van der Waals surface area contributed by atoms with Crippen LogP contribution in [0.1, 0.15) is 26.7 Å². The first-order valence-electron chi connectivity index (χ1n) is 4.84. The highest BCUT2D eigenvalue weighted by atomic mass is 19.4. The molecule has 0 aliphatic carbocycles. The van der Waals surface area contributed by atoms with E-state index in [1.807, 2.05) is 0 Å². The number of hydrogen-bond donors (Lipinski definition) is 0. The molecule has 0 amide bonds. The van der Waals surface area contributed by atoms with Crippen LogP contribution in [0.3, 0.4) is 0 Å². The lowest BCUT2D eigenvalue weighted by atomic mass is 9.96. The Hall–Kier alpha value is -0.390. The van der Waals surface area contributed by atoms with Crippen LogP contribution in [0.15, 0.2) is 0 Å². The van der Waals surface area contributed by atoms with Gasteiger partial charge in [0.1, 0.15) is 6.04 Å². The molecule has 6 heteroatoms. The highest BCUT2D eigenvalue weighted by Gasteiger charge is 2.52. The van der Waals surface area contributed by atoms with Crippen molar-refractivity contribution in [1.29, 1.82) is 0 Å². The Kier molecular flexibility index (Phi) is 3.28. The normalized spacial score (nSPS) is 28.4. The number of likely N-dealkylation sites (tertiary alicyclic amines) is 1. The average molecular weight is 231 g/mol. The molecule has 0 unspecified atom stereocenters. The Balaban J connectivity index is 2.84. The van der Waals surface area contributed by atoms with Gasteiger partial charge in [0, 0.05) is 25.4 Å². The maximum Gasteiger partial charge on any atom is 0.404 e. The van der Waals surface area contributed by atoms with Gasteiger partial charge >= 0.3 is 6.18 Å². The number of halogens is 5. The molecule has 1 rings (SSSR count). The Morgan fingerprint density at radius 1 is 1.27 bits per heavy atom. The largest absolute Gasteiger partial charge is 0.404 e. The van der Waals surface area contributed by atoms with Crippen LogP contribution in [0.2, 0.25) is 0 Å². The van der Waals surface area contributed by atoms with Gasteiger partial charge in [0.15, 0.2) is 0 Å². The third kappa shape index (κ3) is 3.03. The minimum absolute atomic E-state index is 0.200. The maximum absolute atomic E-state index is 12.9. The van der Waals surface area contributed by atoms with Gasteiger partial charge in [-0.3, -0.25) is 4.90 Å². The number of nitrogens with zero attached hydrogens (tertiary/aromatic N) is 1. The molecule has 1 aliphatic rings. The lowest BCUT2D eigenvalue weighted by Gasteiger charge is -2.42. The number of hydrogen-bond acceptors (Lipinski definition) is 1. The number of piperidine rings is 1. The predicted molar refractivity (Wildman–Crippen MR) is 45.9 cm³/mol. The molecular formula is C9H14F5N. The molecule has 1 atom stereocenters. The predicted octanol–water partition coefficient (Wildman–Crippen LogP) is 3.06. The summed E-state index contributed by atoms with van der Waals surface area (Å²) < 4.78 is 63.4. The summed E-state index contributed by atoms with van der Waals surface area (Å²) in [6.07, 6.45) is -6.18. The van der Waals surface area contributed by atoms with Gasteiger partial charge in [-0.15, -0.1) is 0 Å². The summed E-state index contributed by atoms with van der Waals surface area (Å²) in [6, 6.07) is -2.38. The van der Waals surface area contributed by atoms with Crippen molar-refractivity contribution < 1.29 is 22.0 Å². The van der Waals surface area contributed by atoms with Crippen LogP contribution in [0.4, 0.5) is 22.0 Å². The zero-order valence-corrected chi connectivity index (χ0v) is 8.61. The fourth-order valence-corrected chi connectivity index (χ4v) is 1.87. The van der Waals surface area contributed by atoms with Crippen LogP contribution < -0.4 is 0 Å². The summed E-state index contributed by atoms with van der Waals surface area (Å²) in [4.78, 5) is 1.09. The van der Waals surface area contributed by atoms with Crippen molar-refractivity contribution in [2.75, 3.05) is 6.54 Å². The maximum atomic E-state index is 12.9. The van der Waals surface area contributed by atoms with Gasteiger partial charge in [-0.25, -0.2) is 8.78 Å². The Morgan fingerprint density at radius 2 is 1.80 bits per heavy atom. The van der Waals surface area contributed by atoms with Gasteiger partial charge < -0.3 is 0 Å². The molecule has 0 N–H and O–H groups in total. The van der Waals surface area contributed by atoms with Gasteiger partial charge in [-0.1, -0.05) is 0 Å². The molecule has 0 aromatic heterocycles. The fraction of sp³-hybridized carbons (Fsp3) is 1.00. The van der Waals surface area contributed by atoms with Crippen molar-refractivity contribution in [3.63, 3.8) is 0 Å². The molecule has 0 radical (unpaired) electrons. The number of alkyl halides is 5. The monoisotopic (exact) mass is 231 g/mol. The highest BCUT2D eigenvalue weighted by molar-refractivity contribution is 4.91. The second-order valence-corrected chi connectivity index (χ2v) is 4.20. The topological polar surface area (TPSA) is 3.24 Å². The van der Waals surface area contributed by atoms with Gasteiger partial charge in [0.25, 0.3) is 5.92 Å². The second kappa shape index (κ2) is 3.88. The first-order valence-corrected chi connectivity index (χ1v) is 4.84. The van der Waals surface area contributed by atoms with Crippen molar-refractivity contribution in [2.24, 2.45) is 0 Å². The van der Waals surface area contributed by atoms with Crippen molar-refractivity contribution >= 4 is 0 Å². The second-order valence-electron chi connectivity index (χ2n) is 4.20. The minimum Gasteiger partial charge on any atom is -0.289 e. The minimum atomic E-state index is -4.58. The summed E-state index contributed by atoms with van der Waals surface area (Å²) in [7, 11) is 0. The highest BCUT2D eigenvalue weighted by Crippen LogP contribution is 2.39. The Morgan fingerprint density at radius 3 is 2.20 bits per heavy atom. The van der Waals surface area contributed by atoms with E-state index in [0.29, 0.717) is 0 Å². The molecule has 0 aromatic rings. The summed E-state index contributed by atoms with van der Waals surface area (Å²) in [5.41, 5.74) is 0. The quantitative estimate of drug-likeness (QED) is 0.627. The summed E-state index contributed by atoms with van der Waals surface area (Å²) in [6.45, 7) is 2.97. The van der Waals surface area contributed by atoms with E-state index in [2.05, 4.69) is 0 Å². The van der Waals surface area contributed by atoms with E-state index >= 15 is 0 Å². The third-order valence-electron chi connectivity index (χ3n) is 2.67. The molecule has 90 valence electrons. The Labute approximate surface area is 85.2 Å². The SMILES string of the molecule is CC(C)N1CCC(F)(F)C[C@H]1C(F)(F)F. The van der Waals surface area contributed by atoms with E-state index in [9.17, 15) is 22.0 Å². The van der Waals surface area contributed by atoms with E-state index < -0.39 is 31.0 Å². The molecule has 0 bridgehead atoms. The third-order valence-corrected chi connectivity index (χ3v) is 2.67. The molecule has 1 aliphatic heterocycles. The van der Waals surface area contributed by atoms with E-state index in [0.717, 1.165) is 4.90 Å². The van der Waals surface area contributed by atoms with Gasteiger partial charge in [0.05, 0.1) is 0 Å². The first kappa shape index (κ1) is 12.7. The molecule has 1 nitrogen and oxygen atoms in total. The smallest absolute Gasteiger partial charge is 0.289 e. The van der Waals surface area contributed by atoms with E-state index in [1.165, 1.54) is 0 Å². The zero-order valence-electron chi connectivity index (χ0n) is 8.61. The fourth-order valence-electron chi connectivity index (χ4n) is 1.87. The standard InChI is InChI=1S/C9H14F5N/c1-6(2)15-4-3-8(10,11)5-7(15)9(12,13)14/h6-7H,3-5H2,1-2H3/t7-/m0/s1. The van der Waals surface area contributed by atoms with Crippen molar-refractivity contribution in [1.82, 2.24) is 4.90 Å². The number of rotatable bonds is 1. The molecule has 0 spiro atoms. The van der Waals surface area contributed by atoms with Gasteiger partial charge in [-0.2, -0.15) is 13.2 Å². The van der Waals surface area contributed by atoms with Crippen molar-refractivity contribution in [3.8, 4) is 0 Å². The van der Waals surface area contributed by atoms with Crippen LogP contribution in [0.25, 0.3) is 0 Å². The molecule has 1 heterocycles. The summed E-state index contributed by atoms with van der Waals surface area (Å²) in [5.74, 6) is -3.19. The van der Waals surface area contributed by atoms with E-state index in [1.54, 1.807) is 13.8 Å². The van der Waals surface area contributed by atoms with Gasteiger partial charge in [0.2, 0.25) is 0 Å². The molecule has 15 heavy (non-hydrogen) atoms. The van der Waals surface area contributed by atoms with Crippen molar-refractivity contribution in [2.45, 2.75) is 50.9 Å². The molecular weight excluding hydrogens is 217 g/mol. The summed E-state index contributed by atoms with van der Waals surface area (Å²) in [5, 5.41) is 0. The van der Waals surface area contributed by atoms with Crippen molar-refractivity contribution in [3.05, 3.63) is 0 Å². The van der Waals surface area contributed by atoms with Crippen LogP contribution >= 0.6 is 0 Å². The molecule has 0 saturated carbocycles. The van der Waals surface area contributed by atoms with Gasteiger partial charge in [-0.05, 0) is 13.8 Å². The molecule has 1 fully saturated rings. The van der Waals surface area contributed by atoms with Crippen LogP contribution in [-0.4, -0.2) is 35.6 Å². The first-order chi connectivity index (χ1) is 6.63. The van der Waals surface area contributed by atoms with Crippen LogP contribution in [0, 0.1) is 0 Å². The Bertz CT molecular complexity index is 223.